The van der Waals surface area contributed by atoms with Crippen LogP contribution in [0.4, 0.5) is 5.95 Å². The van der Waals surface area contributed by atoms with Gasteiger partial charge in [0.25, 0.3) is 0 Å². The van der Waals surface area contributed by atoms with E-state index in [2.05, 4.69) is 39.5 Å². The minimum absolute atomic E-state index is 0.113. The second-order valence-electron chi connectivity index (χ2n) is 12.9. The van der Waals surface area contributed by atoms with Crippen LogP contribution in [0.3, 0.4) is 0 Å². The highest BCUT2D eigenvalue weighted by molar-refractivity contribution is 7.27. The van der Waals surface area contributed by atoms with Gasteiger partial charge < -0.3 is 5.32 Å². The molecule has 0 aliphatic heterocycles. The molecule has 0 fully saturated rings. The molecule has 0 saturated carbocycles. The van der Waals surface area contributed by atoms with E-state index in [0.29, 0.717) is 22.9 Å². The highest BCUT2D eigenvalue weighted by atomic mass is 31.0. The monoisotopic (exact) mass is 652 g/mol. The van der Waals surface area contributed by atoms with Crippen LogP contribution in [-0.2, 0) is 13.0 Å². The number of rotatable bonds is 11. The summed E-state index contributed by atoms with van der Waals surface area (Å²) < 4.78 is 2.60. The molecule has 1 aliphatic carbocycles. The maximum Gasteiger partial charge on any atom is 0.359 e. The maximum atomic E-state index is 14.5. The van der Waals surface area contributed by atoms with Gasteiger partial charge in [0, 0.05) is 11.7 Å². The van der Waals surface area contributed by atoms with Crippen LogP contribution in [0.2, 0.25) is 0 Å². The number of nitrogens with one attached hydrogen (secondary N) is 1. The van der Waals surface area contributed by atoms with Crippen LogP contribution >= 0.6 is 9.24 Å². The Kier molecular flexibility index (Phi) is 13.0. The van der Waals surface area contributed by atoms with Crippen molar-refractivity contribution >= 4 is 31.9 Å². The average molecular weight is 653 g/mol. The molecule has 1 aromatic carbocycles. The predicted molar refractivity (Wildman–Crippen MR) is 200 cm³/mol. The number of hydrogen-bond donors (Lipinski definition) is 1. The summed E-state index contributed by atoms with van der Waals surface area (Å²) in [6, 6.07) is 6.25. The van der Waals surface area contributed by atoms with Crippen molar-refractivity contribution in [2.75, 3.05) is 5.32 Å². The third-order valence-electron chi connectivity index (χ3n) is 7.66. The zero-order valence-electron chi connectivity index (χ0n) is 29.5. The fraction of sp³-hybridized carbons (Fsp3) is 0.395. The lowest BCUT2D eigenvalue weighted by Crippen LogP contribution is -2.42. The first-order valence-corrected chi connectivity index (χ1v) is 16.7. The smallest absolute Gasteiger partial charge is 0.325 e. The SMILES string of the molecule is C/C=C1/C=C(Nc2nc(=O)n(C(/C=C(/C)C=C(C)C)=C/C)c(=O)n2Cc2cc(C#N)c(P)cc2CCC(C)C)C(C)=CC1=NC(C)C. The molecule has 3 rings (SSSR count). The summed E-state index contributed by atoms with van der Waals surface area (Å²) in [6.45, 7) is 20.1. The molecule has 1 aromatic heterocycles. The molecular weight excluding hydrogens is 603 g/mol. The molecule has 2 aromatic rings. The van der Waals surface area contributed by atoms with Crippen molar-refractivity contribution in [2.24, 2.45) is 10.9 Å². The van der Waals surface area contributed by atoms with Gasteiger partial charge in [-0.15, -0.1) is 9.24 Å². The Hall–Kier alpha value is -4.34. The number of aromatic nitrogens is 3. The topological polar surface area (TPSA) is 105 Å². The number of allylic oxidation sites excluding steroid dienone is 11. The Labute approximate surface area is 281 Å². The Morgan fingerprint density at radius 3 is 2.36 bits per heavy atom. The van der Waals surface area contributed by atoms with Crippen molar-refractivity contribution in [2.45, 2.75) is 94.7 Å². The van der Waals surface area contributed by atoms with Crippen LogP contribution in [0, 0.1) is 17.2 Å². The molecule has 8 nitrogen and oxygen atoms in total. The van der Waals surface area contributed by atoms with Crippen molar-refractivity contribution in [1.82, 2.24) is 14.1 Å². The molecule has 0 bridgehead atoms. The van der Waals surface area contributed by atoms with Crippen LogP contribution in [0.5, 0.6) is 0 Å². The van der Waals surface area contributed by atoms with E-state index in [1.165, 1.54) is 4.57 Å². The third-order valence-corrected chi connectivity index (χ3v) is 8.13. The van der Waals surface area contributed by atoms with Crippen molar-refractivity contribution in [3.63, 3.8) is 0 Å². The highest BCUT2D eigenvalue weighted by Gasteiger charge is 2.21. The minimum Gasteiger partial charge on any atom is -0.325 e. The molecule has 1 N–H and O–H groups in total. The van der Waals surface area contributed by atoms with E-state index < -0.39 is 11.4 Å². The Balaban J connectivity index is 2.32. The third kappa shape index (κ3) is 9.59. The van der Waals surface area contributed by atoms with Crippen molar-refractivity contribution in [3.8, 4) is 6.07 Å². The first-order valence-electron chi connectivity index (χ1n) is 16.2. The van der Waals surface area contributed by atoms with E-state index in [0.717, 1.165) is 61.8 Å². The molecule has 0 radical (unpaired) electrons. The fourth-order valence-corrected chi connectivity index (χ4v) is 5.69. The van der Waals surface area contributed by atoms with Crippen LogP contribution in [0.15, 0.2) is 91.2 Å². The van der Waals surface area contributed by atoms with Crippen LogP contribution < -0.4 is 22.0 Å². The molecule has 248 valence electrons. The lowest BCUT2D eigenvalue weighted by Gasteiger charge is -2.22. The molecule has 1 unspecified atom stereocenters. The van der Waals surface area contributed by atoms with E-state index in [9.17, 15) is 14.9 Å². The summed E-state index contributed by atoms with van der Waals surface area (Å²) in [6.07, 6.45) is 13.2. The van der Waals surface area contributed by atoms with E-state index in [1.807, 2.05) is 91.0 Å². The van der Waals surface area contributed by atoms with Gasteiger partial charge >= 0.3 is 11.4 Å². The summed E-state index contributed by atoms with van der Waals surface area (Å²) in [5, 5.41) is 14.0. The highest BCUT2D eigenvalue weighted by Crippen LogP contribution is 2.24. The maximum absolute atomic E-state index is 14.5. The van der Waals surface area contributed by atoms with Gasteiger partial charge in [0.05, 0.1) is 29.6 Å². The number of nitriles is 1. The van der Waals surface area contributed by atoms with Gasteiger partial charge in [-0.1, -0.05) is 43.7 Å². The van der Waals surface area contributed by atoms with E-state index in [4.69, 9.17) is 4.99 Å². The zero-order valence-corrected chi connectivity index (χ0v) is 30.7. The predicted octanol–water partition coefficient (Wildman–Crippen LogP) is 7.24. The molecule has 9 heteroatoms. The molecule has 0 spiro atoms. The lowest BCUT2D eigenvalue weighted by molar-refractivity contribution is 0.582. The van der Waals surface area contributed by atoms with Gasteiger partial charge in [-0.2, -0.15) is 10.2 Å². The molecular formula is C38H49N6O2P. The first kappa shape index (κ1) is 37.1. The normalized spacial score (nSPS) is 15.7. The molecule has 0 saturated heterocycles. The summed E-state index contributed by atoms with van der Waals surface area (Å²) in [5.74, 6) is 0.597. The van der Waals surface area contributed by atoms with Crippen molar-refractivity contribution in [1.29, 1.82) is 5.26 Å². The zero-order chi connectivity index (χ0) is 35.0. The number of hydrogen-bond acceptors (Lipinski definition) is 6. The van der Waals surface area contributed by atoms with Crippen LogP contribution in [-0.4, -0.2) is 25.9 Å². The average Bonchev–Trinajstić information content (AvgIpc) is 2.98. The van der Waals surface area contributed by atoms with Crippen LogP contribution in [0.25, 0.3) is 5.70 Å². The van der Waals surface area contributed by atoms with Crippen molar-refractivity contribution < 1.29 is 0 Å². The number of anilines is 1. The van der Waals surface area contributed by atoms with Gasteiger partial charge in [0.1, 0.15) is 0 Å². The number of nitrogens with zero attached hydrogens (tertiary/aromatic N) is 5. The Morgan fingerprint density at radius 1 is 1.09 bits per heavy atom. The summed E-state index contributed by atoms with van der Waals surface area (Å²) in [5.41, 5.74) is 7.00. The Morgan fingerprint density at radius 2 is 1.79 bits per heavy atom. The standard InChI is InChI=1S/C38H49N6O2P/c1-11-28-19-33(27(10)17-34(28)40-25(7)8)41-36-42-37(45)44(32(12-2)16-26(9)15-24(5)6)38(46)43(36)22-31-18-30(21-39)35(47)20-29(31)14-13-23(3)4/h11-12,15-20,23,25H,13-14,22,47H2,1-10H3,(H,41,42,45)/b26-16-,28-11-,32-12+,40-34?. The molecule has 47 heavy (non-hydrogen) atoms. The molecule has 1 heterocycles. The van der Waals surface area contributed by atoms with E-state index in [1.54, 1.807) is 13.0 Å². The minimum atomic E-state index is -0.687. The molecule has 0 amide bonds. The summed E-state index contributed by atoms with van der Waals surface area (Å²) in [4.78, 5) is 37.4. The van der Waals surface area contributed by atoms with E-state index >= 15 is 0 Å². The van der Waals surface area contributed by atoms with Crippen molar-refractivity contribution in [3.05, 3.63) is 114 Å². The largest absolute Gasteiger partial charge is 0.359 e. The second kappa shape index (κ2) is 16.5. The fourth-order valence-electron chi connectivity index (χ4n) is 5.35. The first-order chi connectivity index (χ1) is 22.2. The Bertz CT molecular complexity index is 1900. The van der Waals surface area contributed by atoms with Crippen LogP contribution in [0.1, 0.15) is 92.3 Å². The van der Waals surface area contributed by atoms with E-state index in [-0.39, 0.29) is 18.5 Å². The summed E-state index contributed by atoms with van der Waals surface area (Å²) >= 11 is 0. The summed E-state index contributed by atoms with van der Waals surface area (Å²) in [7, 11) is 2.65. The molecule has 1 aliphatic rings. The number of aryl methyl sites for hydroxylation is 1. The lowest BCUT2D eigenvalue weighted by atomic mass is 9.96. The number of benzene rings is 1. The van der Waals surface area contributed by atoms with Gasteiger partial charge in [-0.05, 0) is 132 Å². The quantitative estimate of drug-likeness (QED) is 0.204. The molecule has 1 atom stereocenters. The second-order valence-corrected chi connectivity index (χ2v) is 13.5. The van der Waals surface area contributed by atoms with Gasteiger partial charge in [-0.25, -0.2) is 14.2 Å². The number of aliphatic imine (C=N–C) groups is 1. The van der Waals surface area contributed by atoms with Gasteiger partial charge in [0.15, 0.2) is 0 Å². The van der Waals surface area contributed by atoms with Gasteiger partial charge in [-0.3, -0.25) is 9.56 Å². The van der Waals surface area contributed by atoms with Gasteiger partial charge in [0.2, 0.25) is 5.95 Å².